The standard InChI is InChI=1S/C15H16N4.ClH/c1-10(16)15-11(12-5-3-4-7-17-12)9-14-13(18-15)6-8-19(14)2;/h3-10H,16H2,1-2H3;1H/t10-;/m0./s1. The molecule has 20 heavy (non-hydrogen) atoms. The van der Waals surface area contributed by atoms with Crippen molar-refractivity contribution in [1.29, 1.82) is 0 Å². The van der Waals surface area contributed by atoms with Crippen LogP contribution in [0, 0.1) is 0 Å². The van der Waals surface area contributed by atoms with Gasteiger partial charge in [-0.25, -0.2) is 4.98 Å². The van der Waals surface area contributed by atoms with E-state index >= 15 is 0 Å². The van der Waals surface area contributed by atoms with E-state index in [1.54, 1.807) is 6.20 Å². The maximum atomic E-state index is 6.05. The average Bonchev–Trinajstić information content (AvgIpc) is 2.79. The fourth-order valence-electron chi connectivity index (χ4n) is 2.27. The lowest BCUT2D eigenvalue weighted by molar-refractivity contribution is 0.788. The second kappa shape index (κ2) is 5.61. The summed E-state index contributed by atoms with van der Waals surface area (Å²) in [7, 11) is 2.01. The van der Waals surface area contributed by atoms with Gasteiger partial charge in [0.15, 0.2) is 0 Å². The molecule has 0 saturated carbocycles. The molecule has 3 heterocycles. The molecule has 0 aliphatic rings. The Morgan fingerprint density at radius 1 is 1.25 bits per heavy atom. The van der Waals surface area contributed by atoms with Gasteiger partial charge < -0.3 is 10.3 Å². The van der Waals surface area contributed by atoms with E-state index in [4.69, 9.17) is 5.73 Å². The van der Waals surface area contributed by atoms with Crippen LogP contribution in [0.2, 0.25) is 0 Å². The lowest BCUT2D eigenvalue weighted by Gasteiger charge is -2.12. The van der Waals surface area contributed by atoms with Crippen LogP contribution in [0.3, 0.4) is 0 Å². The van der Waals surface area contributed by atoms with Gasteiger partial charge in [0.25, 0.3) is 0 Å². The predicted octanol–water partition coefficient (Wildman–Crippen LogP) is 3.08. The van der Waals surface area contributed by atoms with E-state index in [-0.39, 0.29) is 18.4 Å². The maximum absolute atomic E-state index is 6.05. The van der Waals surface area contributed by atoms with Crippen molar-refractivity contribution in [3.63, 3.8) is 0 Å². The maximum Gasteiger partial charge on any atom is 0.0885 e. The Bertz CT molecular complexity index is 719. The Hall–Kier alpha value is -1.91. The fraction of sp³-hybridized carbons (Fsp3) is 0.200. The number of aryl methyl sites for hydroxylation is 1. The number of hydrogen-bond donors (Lipinski definition) is 1. The summed E-state index contributed by atoms with van der Waals surface area (Å²) in [4.78, 5) is 9.09. The number of aromatic nitrogens is 3. The van der Waals surface area contributed by atoms with Gasteiger partial charge in [0, 0.05) is 31.0 Å². The number of rotatable bonds is 2. The van der Waals surface area contributed by atoms with Crippen molar-refractivity contribution >= 4 is 23.4 Å². The topological polar surface area (TPSA) is 56.7 Å². The first kappa shape index (κ1) is 14.5. The highest BCUT2D eigenvalue weighted by Crippen LogP contribution is 2.28. The van der Waals surface area contributed by atoms with Gasteiger partial charge in [-0.05, 0) is 31.2 Å². The quantitative estimate of drug-likeness (QED) is 0.788. The van der Waals surface area contributed by atoms with Crippen LogP contribution >= 0.6 is 12.4 Å². The number of fused-ring (bicyclic) bond motifs is 1. The minimum absolute atomic E-state index is 0. The van der Waals surface area contributed by atoms with Gasteiger partial charge in [0.05, 0.1) is 22.4 Å². The third-order valence-electron chi connectivity index (χ3n) is 3.27. The van der Waals surface area contributed by atoms with Gasteiger partial charge in [-0.1, -0.05) is 6.07 Å². The van der Waals surface area contributed by atoms with Crippen molar-refractivity contribution in [2.45, 2.75) is 13.0 Å². The van der Waals surface area contributed by atoms with E-state index in [1.807, 2.05) is 44.4 Å². The van der Waals surface area contributed by atoms with Crippen LogP contribution in [-0.2, 0) is 7.05 Å². The summed E-state index contributed by atoms with van der Waals surface area (Å²) in [6.07, 6.45) is 3.79. The van der Waals surface area contributed by atoms with Gasteiger partial charge in [0.1, 0.15) is 0 Å². The first-order chi connectivity index (χ1) is 9.16. The van der Waals surface area contributed by atoms with Gasteiger partial charge >= 0.3 is 0 Å². The number of hydrogen-bond acceptors (Lipinski definition) is 3. The molecule has 0 aromatic carbocycles. The SMILES string of the molecule is C[C@H](N)c1nc2ccn(C)c2cc1-c1ccccn1.Cl. The minimum Gasteiger partial charge on any atom is -0.349 e. The zero-order valence-corrected chi connectivity index (χ0v) is 12.3. The van der Waals surface area contributed by atoms with Crippen molar-refractivity contribution in [1.82, 2.24) is 14.5 Å². The molecule has 0 bridgehead atoms. The molecule has 0 unspecified atom stereocenters. The molecule has 3 rings (SSSR count). The zero-order chi connectivity index (χ0) is 13.4. The normalized spacial score (nSPS) is 12.2. The Morgan fingerprint density at radius 3 is 2.70 bits per heavy atom. The summed E-state index contributed by atoms with van der Waals surface area (Å²) >= 11 is 0. The molecule has 0 fully saturated rings. The molecular formula is C15H17ClN4. The fourth-order valence-corrected chi connectivity index (χ4v) is 2.27. The average molecular weight is 289 g/mol. The third-order valence-corrected chi connectivity index (χ3v) is 3.27. The van der Waals surface area contributed by atoms with Crippen molar-refractivity contribution < 1.29 is 0 Å². The molecular weight excluding hydrogens is 272 g/mol. The molecule has 0 spiro atoms. The van der Waals surface area contributed by atoms with E-state index in [1.165, 1.54) is 0 Å². The molecule has 0 aliphatic carbocycles. The number of halogens is 1. The van der Waals surface area contributed by atoms with Crippen molar-refractivity contribution in [3.8, 4) is 11.3 Å². The largest absolute Gasteiger partial charge is 0.349 e. The second-order valence-electron chi connectivity index (χ2n) is 4.76. The van der Waals surface area contributed by atoms with E-state index in [0.717, 1.165) is 28.0 Å². The molecule has 4 nitrogen and oxygen atoms in total. The van der Waals surface area contributed by atoms with Crippen LogP contribution in [0.1, 0.15) is 18.7 Å². The van der Waals surface area contributed by atoms with Crippen LogP contribution in [0.4, 0.5) is 0 Å². The van der Waals surface area contributed by atoms with Crippen molar-refractivity contribution in [3.05, 3.63) is 48.4 Å². The van der Waals surface area contributed by atoms with Crippen LogP contribution in [0.15, 0.2) is 42.7 Å². The minimum atomic E-state index is -0.124. The van der Waals surface area contributed by atoms with E-state index < -0.39 is 0 Å². The predicted molar refractivity (Wildman–Crippen MR) is 83.8 cm³/mol. The van der Waals surface area contributed by atoms with Gasteiger partial charge in [-0.3, -0.25) is 4.98 Å². The Balaban J connectivity index is 0.00000147. The van der Waals surface area contributed by atoms with Gasteiger partial charge in [-0.15, -0.1) is 12.4 Å². The van der Waals surface area contributed by atoms with E-state index in [2.05, 4.69) is 20.6 Å². The smallest absolute Gasteiger partial charge is 0.0885 e. The third kappa shape index (κ3) is 2.40. The molecule has 2 N–H and O–H groups in total. The van der Waals surface area contributed by atoms with Crippen LogP contribution in [-0.4, -0.2) is 14.5 Å². The second-order valence-corrected chi connectivity index (χ2v) is 4.76. The monoisotopic (exact) mass is 288 g/mol. The van der Waals surface area contributed by atoms with Crippen molar-refractivity contribution in [2.24, 2.45) is 12.8 Å². The summed E-state index contributed by atoms with van der Waals surface area (Å²) in [5.41, 5.74) is 10.9. The molecule has 0 saturated heterocycles. The van der Waals surface area contributed by atoms with Gasteiger partial charge in [-0.2, -0.15) is 0 Å². The van der Waals surface area contributed by atoms with Crippen LogP contribution in [0.25, 0.3) is 22.3 Å². The lowest BCUT2D eigenvalue weighted by Crippen LogP contribution is -2.09. The summed E-state index contributed by atoms with van der Waals surface area (Å²) in [5, 5.41) is 0. The molecule has 5 heteroatoms. The number of pyridine rings is 2. The van der Waals surface area contributed by atoms with Gasteiger partial charge in [0.2, 0.25) is 0 Å². The highest BCUT2D eigenvalue weighted by Gasteiger charge is 2.14. The molecule has 104 valence electrons. The zero-order valence-electron chi connectivity index (χ0n) is 11.4. The molecule has 3 aromatic rings. The highest BCUT2D eigenvalue weighted by molar-refractivity contribution is 5.85. The summed E-state index contributed by atoms with van der Waals surface area (Å²) in [6, 6.07) is 9.86. The molecule has 3 aromatic heterocycles. The highest BCUT2D eigenvalue weighted by atomic mass is 35.5. The first-order valence-corrected chi connectivity index (χ1v) is 6.30. The summed E-state index contributed by atoms with van der Waals surface area (Å²) in [5.74, 6) is 0. The van der Waals surface area contributed by atoms with E-state index in [0.29, 0.717) is 0 Å². The summed E-state index contributed by atoms with van der Waals surface area (Å²) < 4.78 is 2.06. The Kier molecular flexibility index (Phi) is 4.06. The molecule has 0 radical (unpaired) electrons. The van der Waals surface area contributed by atoms with Crippen LogP contribution in [0.5, 0.6) is 0 Å². The molecule has 1 atom stereocenters. The number of nitrogens with two attached hydrogens (primary N) is 1. The first-order valence-electron chi connectivity index (χ1n) is 6.30. The van der Waals surface area contributed by atoms with E-state index in [9.17, 15) is 0 Å². The Morgan fingerprint density at radius 2 is 2.05 bits per heavy atom. The summed E-state index contributed by atoms with van der Waals surface area (Å²) in [6.45, 7) is 1.95. The Labute approximate surface area is 124 Å². The molecule has 0 aliphatic heterocycles. The lowest BCUT2D eigenvalue weighted by atomic mass is 10.0. The molecule has 0 amide bonds. The van der Waals surface area contributed by atoms with Crippen molar-refractivity contribution in [2.75, 3.05) is 0 Å². The number of nitrogens with zero attached hydrogens (tertiary/aromatic N) is 3. The van der Waals surface area contributed by atoms with Crippen LogP contribution < -0.4 is 5.73 Å².